The summed E-state index contributed by atoms with van der Waals surface area (Å²) in [4.78, 5) is 10.7. The van der Waals surface area contributed by atoms with Crippen LogP contribution >= 0.6 is 0 Å². The maximum atomic E-state index is 14.0. The van der Waals surface area contributed by atoms with Crippen molar-refractivity contribution >= 4 is 6.72 Å². The first kappa shape index (κ1) is 19.0. The molecule has 1 saturated heterocycles. The van der Waals surface area contributed by atoms with Gasteiger partial charge >= 0.3 is 0 Å². The maximum Gasteiger partial charge on any atom is 0.126 e. The molecule has 0 amide bonds. The molecule has 1 aromatic heterocycles. The van der Waals surface area contributed by atoms with Crippen LogP contribution in [0.4, 0.5) is 4.39 Å². The van der Waals surface area contributed by atoms with Gasteiger partial charge in [0.25, 0.3) is 0 Å². The van der Waals surface area contributed by atoms with E-state index in [1.807, 2.05) is 24.4 Å². The summed E-state index contributed by atoms with van der Waals surface area (Å²) < 4.78 is 14.0. The summed E-state index contributed by atoms with van der Waals surface area (Å²) in [5.41, 5.74) is 2.45. The van der Waals surface area contributed by atoms with E-state index in [4.69, 9.17) is 0 Å². The third-order valence-electron chi connectivity index (χ3n) is 4.87. The van der Waals surface area contributed by atoms with Gasteiger partial charge < -0.3 is 10.4 Å². The van der Waals surface area contributed by atoms with Crippen LogP contribution in [0.3, 0.4) is 0 Å². The number of nitrogens with zero attached hydrogens (tertiary/aromatic N) is 3. The molecule has 0 radical (unpaired) electrons. The quantitative estimate of drug-likeness (QED) is 0.735. The maximum absolute atomic E-state index is 14.0. The fourth-order valence-corrected chi connectivity index (χ4v) is 3.39. The number of benzene rings is 1. The standard InChI is InChI=1S/C21H25FN4O/c1-23-18(14-24-13-17-4-2-3-9-25-17)15-26-10-7-16(8-11-26)20-12-19(27)5-6-21(20)22/h2-6,9,12,14,16,24,27H,1,7-8,10-11,13,15H2/b18-14-. The summed E-state index contributed by atoms with van der Waals surface area (Å²) in [7, 11) is 0. The van der Waals surface area contributed by atoms with Gasteiger partial charge in [-0.2, -0.15) is 0 Å². The highest BCUT2D eigenvalue weighted by atomic mass is 19.1. The number of aliphatic imine (C=N–C) groups is 1. The molecule has 1 fully saturated rings. The van der Waals surface area contributed by atoms with Gasteiger partial charge in [0.05, 0.1) is 17.9 Å². The molecule has 2 heterocycles. The molecule has 0 saturated carbocycles. The van der Waals surface area contributed by atoms with Crippen molar-refractivity contribution < 1.29 is 9.50 Å². The first-order chi connectivity index (χ1) is 13.2. The lowest BCUT2D eigenvalue weighted by Crippen LogP contribution is -2.34. The van der Waals surface area contributed by atoms with Crippen LogP contribution in [0, 0.1) is 5.82 Å². The van der Waals surface area contributed by atoms with Crippen molar-refractivity contribution in [2.45, 2.75) is 25.3 Å². The van der Waals surface area contributed by atoms with Crippen molar-refractivity contribution in [1.29, 1.82) is 0 Å². The van der Waals surface area contributed by atoms with Crippen molar-refractivity contribution in [3.63, 3.8) is 0 Å². The second kappa shape index (κ2) is 9.28. The van der Waals surface area contributed by atoms with E-state index in [-0.39, 0.29) is 17.5 Å². The smallest absolute Gasteiger partial charge is 0.126 e. The molecule has 142 valence electrons. The number of pyridine rings is 1. The number of aromatic hydroxyl groups is 1. The second-order valence-corrected chi connectivity index (χ2v) is 6.75. The Labute approximate surface area is 159 Å². The Balaban J connectivity index is 1.50. The van der Waals surface area contributed by atoms with Crippen LogP contribution in [0.5, 0.6) is 5.75 Å². The van der Waals surface area contributed by atoms with Crippen LogP contribution < -0.4 is 5.32 Å². The van der Waals surface area contributed by atoms with Crippen molar-refractivity contribution in [2.75, 3.05) is 19.6 Å². The molecule has 1 aliphatic rings. The van der Waals surface area contributed by atoms with E-state index in [0.29, 0.717) is 18.7 Å². The minimum absolute atomic E-state index is 0.119. The van der Waals surface area contributed by atoms with E-state index in [9.17, 15) is 9.50 Å². The van der Waals surface area contributed by atoms with Gasteiger partial charge in [-0.1, -0.05) is 6.07 Å². The number of aromatic nitrogens is 1. The molecular weight excluding hydrogens is 343 g/mol. The van der Waals surface area contributed by atoms with Crippen LogP contribution in [-0.4, -0.2) is 41.3 Å². The molecule has 1 aromatic carbocycles. The Morgan fingerprint density at radius 2 is 2.15 bits per heavy atom. The Hall–Kier alpha value is -2.73. The van der Waals surface area contributed by atoms with Gasteiger partial charge in [0.15, 0.2) is 0 Å². The first-order valence-electron chi connectivity index (χ1n) is 9.15. The Kier molecular flexibility index (Phi) is 6.54. The fourth-order valence-electron chi connectivity index (χ4n) is 3.39. The van der Waals surface area contributed by atoms with Crippen LogP contribution in [0.2, 0.25) is 0 Å². The van der Waals surface area contributed by atoms with Gasteiger partial charge in [-0.05, 0) is 74.5 Å². The molecule has 0 aliphatic carbocycles. The molecule has 2 aromatic rings. The molecule has 27 heavy (non-hydrogen) atoms. The van der Waals surface area contributed by atoms with Crippen molar-refractivity contribution in [3.8, 4) is 5.75 Å². The summed E-state index contributed by atoms with van der Waals surface area (Å²) in [6.07, 6.45) is 5.36. The van der Waals surface area contributed by atoms with E-state index in [0.717, 1.165) is 37.3 Å². The fraction of sp³-hybridized carbons (Fsp3) is 0.333. The van der Waals surface area contributed by atoms with Gasteiger partial charge in [0, 0.05) is 18.9 Å². The lowest BCUT2D eigenvalue weighted by molar-refractivity contribution is 0.225. The Bertz CT molecular complexity index is 786. The summed E-state index contributed by atoms with van der Waals surface area (Å²) in [5.74, 6) is 0.0203. The topological polar surface area (TPSA) is 60.8 Å². The van der Waals surface area contributed by atoms with Gasteiger partial charge in [-0.15, -0.1) is 0 Å². The minimum Gasteiger partial charge on any atom is -0.508 e. The summed E-state index contributed by atoms with van der Waals surface area (Å²) in [6.45, 7) is 6.71. The average Bonchev–Trinajstić information content (AvgIpc) is 2.70. The summed E-state index contributed by atoms with van der Waals surface area (Å²) in [5, 5.41) is 12.8. The molecule has 3 rings (SSSR count). The summed E-state index contributed by atoms with van der Waals surface area (Å²) in [6, 6.07) is 10.1. The lowest BCUT2D eigenvalue weighted by Gasteiger charge is -2.32. The van der Waals surface area contributed by atoms with Crippen LogP contribution in [0.1, 0.15) is 30.0 Å². The molecule has 0 spiro atoms. The van der Waals surface area contributed by atoms with Gasteiger partial charge in [-0.25, -0.2) is 4.39 Å². The molecule has 5 nitrogen and oxygen atoms in total. The monoisotopic (exact) mass is 368 g/mol. The van der Waals surface area contributed by atoms with E-state index in [1.54, 1.807) is 12.3 Å². The van der Waals surface area contributed by atoms with Crippen molar-refractivity contribution in [2.24, 2.45) is 4.99 Å². The SMILES string of the molecule is C=N/C(=C\NCc1ccccn1)CN1CCC(c2cc(O)ccc2F)CC1. The van der Waals surface area contributed by atoms with Gasteiger partial charge in [0.2, 0.25) is 0 Å². The second-order valence-electron chi connectivity index (χ2n) is 6.75. The molecule has 1 aliphatic heterocycles. The van der Waals surface area contributed by atoms with Crippen molar-refractivity contribution in [3.05, 3.63) is 71.6 Å². The number of halogens is 1. The van der Waals surface area contributed by atoms with Crippen LogP contribution in [0.15, 0.2) is 59.5 Å². The Morgan fingerprint density at radius 1 is 1.33 bits per heavy atom. The summed E-state index contributed by atoms with van der Waals surface area (Å²) >= 11 is 0. The zero-order valence-corrected chi connectivity index (χ0v) is 15.3. The third-order valence-corrected chi connectivity index (χ3v) is 4.87. The third kappa shape index (κ3) is 5.37. The lowest BCUT2D eigenvalue weighted by atomic mass is 9.89. The normalized spacial score (nSPS) is 16.3. The predicted molar refractivity (Wildman–Crippen MR) is 105 cm³/mol. The number of hydrogen-bond donors (Lipinski definition) is 2. The number of nitrogens with one attached hydrogen (secondary N) is 1. The molecule has 0 bridgehead atoms. The zero-order chi connectivity index (χ0) is 19.1. The highest BCUT2D eigenvalue weighted by molar-refractivity contribution is 5.32. The van der Waals surface area contributed by atoms with Gasteiger partial charge in [0.1, 0.15) is 11.6 Å². The number of phenolic OH excluding ortho intramolecular Hbond substituents is 1. The zero-order valence-electron chi connectivity index (χ0n) is 15.3. The van der Waals surface area contributed by atoms with Crippen LogP contribution in [0.25, 0.3) is 0 Å². The van der Waals surface area contributed by atoms with Crippen LogP contribution in [-0.2, 0) is 6.54 Å². The van der Waals surface area contributed by atoms with Crippen molar-refractivity contribution in [1.82, 2.24) is 15.2 Å². The molecule has 2 N–H and O–H groups in total. The highest BCUT2D eigenvalue weighted by Crippen LogP contribution is 2.32. The van der Waals surface area contributed by atoms with E-state index in [2.05, 4.69) is 26.9 Å². The number of hydrogen-bond acceptors (Lipinski definition) is 5. The number of phenols is 1. The first-order valence-corrected chi connectivity index (χ1v) is 9.15. The average molecular weight is 368 g/mol. The minimum atomic E-state index is -0.238. The predicted octanol–water partition coefficient (Wildman–Crippen LogP) is 3.44. The number of rotatable bonds is 7. The molecule has 0 atom stereocenters. The molecule has 0 unspecified atom stereocenters. The molecule has 6 heteroatoms. The van der Waals surface area contributed by atoms with E-state index >= 15 is 0 Å². The number of piperidine rings is 1. The highest BCUT2D eigenvalue weighted by Gasteiger charge is 2.23. The van der Waals surface area contributed by atoms with Gasteiger partial charge in [-0.3, -0.25) is 14.9 Å². The van der Waals surface area contributed by atoms with E-state index in [1.165, 1.54) is 12.1 Å². The number of likely N-dealkylation sites (tertiary alicyclic amines) is 1. The largest absolute Gasteiger partial charge is 0.508 e. The Morgan fingerprint density at radius 3 is 2.85 bits per heavy atom. The van der Waals surface area contributed by atoms with E-state index < -0.39 is 0 Å². The molecular formula is C21H25FN4O.